The molecule has 0 aromatic rings. The van der Waals surface area contributed by atoms with Gasteiger partial charge in [0.05, 0.1) is 5.25 Å². The summed E-state index contributed by atoms with van der Waals surface area (Å²) in [6.45, 7) is 4.64. The number of nitrogens with one attached hydrogen (secondary N) is 1. The molecule has 1 fully saturated rings. The lowest BCUT2D eigenvalue weighted by atomic mass is 10.0. The summed E-state index contributed by atoms with van der Waals surface area (Å²) in [7, 11) is 0. The Balaban J connectivity index is 3.11. The molecule has 2 N–H and O–H groups in total. The first-order chi connectivity index (χ1) is 11.1. The highest BCUT2D eigenvalue weighted by Crippen LogP contribution is 2.35. The quantitative estimate of drug-likeness (QED) is 0.484. The first-order valence-electron chi connectivity index (χ1n) is 7.20. The van der Waals surface area contributed by atoms with Crippen LogP contribution < -0.4 is 5.32 Å². The van der Waals surface area contributed by atoms with E-state index in [0.717, 1.165) is 18.7 Å². The number of hydrogen-bond donors (Lipinski definition) is 2. The van der Waals surface area contributed by atoms with Gasteiger partial charge in [-0.15, -0.1) is 11.8 Å². The molecule has 1 aliphatic rings. The Hall–Kier alpha value is -1.81. The summed E-state index contributed by atoms with van der Waals surface area (Å²) in [6.07, 6.45) is -2.12. The molecule has 0 unspecified atom stereocenters. The zero-order valence-electron chi connectivity index (χ0n) is 13.8. The van der Waals surface area contributed by atoms with Crippen LogP contribution in [0.5, 0.6) is 0 Å². The summed E-state index contributed by atoms with van der Waals surface area (Å²) in [5.41, 5.74) is -1.15. The van der Waals surface area contributed by atoms with Gasteiger partial charge in [-0.25, -0.2) is 0 Å². The third-order valence-corrected chi connectivity index (χ3v) is 4.42. The van der Waals surface area contributed by atoms with Crippen LogP contribution in [0.3, 0.4) is 0 Å². The minimum atomic E-state index is -1.15. The molecule has 0 aromatic heterocycles. The fourth-order valence-electron chi connectivity index (χ4n) is 2.31. The molecule has 1 amide bonds. The summed E-state index contributed by atoms with van der Waals surface area (Å²) in [5.74, 6) is -2.29. The van der Waals surface area contributed by atoms with Gasteiger partial charge in [0.1, 0.15) is 18.1 Å². The molecule has 5 atom stereocenters. The second-order valence-corrected chi connectivity index (χ2v) is 6.60. The molecule has 10 heteroatoms. The minimum absolute atomic E-state index is 0.153. The smallest absolute Gasteiger partial charge is 0.303 e. The lowest BCUT2D eigenvalue weighted by molar-refractivity contribution is -0.172. The Labute approximate surface area is 143 Å². The van der Waals surface area contributed by atoms with Gasteiger partial charge < -0.3 is 24.6 Å². The topological polar surface area (TPSA) is 128 Å². The van der Waals surface area contributed by atoms with Crippen LogP contribution >= 0.6 is 11.8 Å². The zero-order valence-corrected chi connectivity index (χ0v) is 14.6. The molecule has 0 aromatic carbocycles. The van der Waals surface area contributed by atoms with Crippen LogP contribution in [-0.4, -0.2) is 64.5 Å². The lowest BCUT2D eigenvalue weighted by Crippen LogP contribution is -2.62. The highest BCUT2D eigenvalue weighted by atomic mass is 32.2. The molecule has 1 heterocycles. The maximum Gasteiger partial charge on any atom is 0.303 e. The average Bonchev–Trinajstić information content (AvgIpc) is 2.42. The Bertz CT molecular complexity index is 511. The number of thioether (sulfide) groups is 1. The normalized spacial score (nSPS) is 29.3. The number of ether oxygens (including phenoxy) is 3. The van der Waals surface area contributed by atoms with E-state index in [-0.39, 0.29) is 6.61 Å². The third kappa shape index (κ3) is 6.00. The number of carbonyl (C=O) groups excluding carboxylic acids is 4. The van der Waals surface area contributed by atoms with Crippen molar-refractivity contribution in [2.24, 2.45) is 0 Å². The molecule has 24 heavy (non-hydrogen) atoms. The fourth-order valence-corrected chi connectivity index (χ4v) is 3.57. The summed E-state index contributed by atoms with van der Waals surface area (Å²) in [4.78, 5) is 45.2. The first-order valence-corrected chi connectivity index (χ1v) is 8.14. The number of amides is 1. The number of aliphatic hydroxyl groups is 1. The first kappa shape index (κ1) is 20.2. The minimum Gasteiger partial charge on any atom is -0.465 e. The summed E-state index contributed by atoms with van der Waals surface area (Å²) < 4.78 is 15.3. The molecule has 1 saturated heterocycles. The van der Waals surface area contributed by atoms with E-state index in [1.54, 1.807) is 0 Å². The van der Waals surface area contributed by atoms with Crippen LogP contribution in [-0.2, 0) is 33.4 Å². The number of esters is 3. The molecule has 0 radical (unpaired) electrons. The van der Waals surface area contributed by atoms with Crippen LogP contribution in [0.25, 0.3) is 0 Å². The molecule has 0 saturated carbocycles. The van der Waals surface area contributed by atoms with Crippen molar-refractivity contribution >= 4 is 35.6 Å². The number of carbonyl (C=O) groups is 4. The predicted octanol–water partition coefficient (Wildman–Crippen LogP) is -0.649. The molecule has 0 bridgehead atoms. The molecule has 1 rings (SSSR count). The van der Waals surface area contributed by atoms with E-state index in [4.69, 9.17) is 14.2 Å². The Morgan fingerprint density at radius 1 is 0.958 bits per heavy atom. The van der Waals surface area contributed by atoms with E-state index in [1.165, 1.54) is 20.8 Å². The SMILES string of the molecule is CC(=O)N[C@H]1[C@@H](OC(C)=O)[C@H](OC(C)=O)[C@H](COC(C)=O)S[C@@H]1O. The van der Waals surface area contributed by atoms with Crippen LogP contribution in [0.1, 0.15) is 27.7 Å². The van der Waals surface area contributed by atoms with Gasteiger partial charge in [-0.3, -0.25) is 19.2 Å². The van der Waals surface area contributed by atoms with Crippen LogP contribution in [0.15, 0.2) is 0 Å². The van der Waals surface area contributed by atoms with Crippen LogP contribution in [0.4, 0.5) is 0 Å². The number of aliphatic hydroxyl groups excluding tert-OH is 1. The van der Waals surface area contributed by atoms with Crippen molar-refractivity contribution in [3.8, 4) is 0 Å². The molecule has 136 valence electrons. The highest BCUT2D eigenvalue weighted by molar-refractivity contribution is 8.00. The van der Waals surface area contributed by atoms with Crippen molar-refractivity contribution in [1.82, 2.24) is 5.32 Å². The van der Waals surface area contributed by atoms with Crippen molar-refractivity contribution in [2.75, 3.05) is 6.61 Å². The van der Waals surface area contributed by atoms with Gasteiger partial charge in [-0.1, -0.05) is 0 Å². The van der Waals surface area contributed by atoms with Crippen LogP contribution in [0.2, 0.25) is 0 Å². The third-order valence-electron chi connectivity index (χ3n) is 3.09. The summed E-state index contributed by atoms with van der Waals surface area (Å²) >= 11 is 0.954. The van der Waals surface area contributed by atoms with Crippen molar-refractivity contribution in [3.05, 3.63) is 0 Å². The van der Waals surface area contributed by atoms with Gasteiger partial charge in [0, 0.05) is 27.7 Å². The Morgan fingerprint density at radius 2 is 1.50 bits per heavy atom. The Kier molecular flexibility index (Phi) is 7.49. The molecular formula is C14H21NO8S. The fraction of sp³-hybridized carbons (Fsp3) is 0.714. The number of rotatable bonds is 5. The van der Waals surface area contributed by atoms with E-state index in [1.807, 2.05) is 0 Å². The van der Waals surface area contributed by atoms with Crippen LogP contribution in [0, 0.1) is 0 Å². The Morgan fingerprint density at radius 3 is 1.96 bits per heavy atom. The second kappa shape index (κ2) is 8.88. The van der Waals surface area contributed by atoms with Crippen molar-refractivity contribution < 1.29 is 38.5 Å². The molecule has 0 spiro atoms. The molecule has 1 aliphatic heterocycles. The van der Waals surface area contributed by atoms with E-state index in [2.05, 4.69) is 5.32 Å². The highest BCUT2D eigenvalue weighted by Gasteiger charge is 2.49. The van der Waals surface area contributed by atoms with Gasteiger partial charge in [0.15, 0.2) is 12.2 Å². The maximum absolute atomic E-state index is 11.4. The van der Waals surface area contributed by atoms with Gasteiger partial charge in [-0.05, 0) is 0 Å². The number of hydrogen-bond acceptors (Lipinski definition) is 9. The van der Waals surface area contributed by atoms with E-state index >= 15 is 0 Å². The van der Waals surface area contributed by atoms with Crippen molar-refractivity contribution in [2.45, 2.75) is 56.6 Å². The van der Waals surface area contributed by atoms with E-state index in [9.17, 15) is 24.3 Å². The monoisotopic (exact) mass is 363 g/mol. The zero-order chi connectivity index (χ0) is 18.4. The summed E-state index contributed by atoms with van der Waals surface area (Å²) in [5, 5.41) is 12.1. The van der Waals surface area contributed by atoms with Gasteiger partial charge in [0.25, 0.3) is 0 Å². The van der Waals surface area contributed by atoms with Gasteiger partial charge >= 0.3 is 17.9 Å². The largest absolute Gasteiger partial charge is 0.465 e. The predicted molar refractivity (Wildman–Crippen MR) is 82.7 cm³/mol. The van der Waals surface area contributed by atoms with Gasteiger partial charge in [0.2, 0.25) is 5.91 Å². The molecule has 9 nitrogen and oxygen atoms in total. The maximum atomic E-state index is 11.4. The second-order valence-electron chi connectivity index (χ2n) is 5.24. The van der Waals surface area contributed by atoms with E-state index in [0.29, 0.717) is 0 Å². The molecular weight excluding hydrogens is 342 g/mol. The summed E-state index contributed by atoms with van der Waals surface area (Å²) in [6, 6.07) is -0.977. The molecule has 0 aliphatic carbocycles. The van der Waals surface area contributed by atoms with Gasteiger partial charge in [-0.2, -0.15) is 0 Å². The standard InChI is InChI=1S/C14H21NO8S/c1-6(16)15-11-13(23-9(4)19)12(22-8(3)18)10(24-14(11)20)5-21-7(2)17/h10-14,20H,5H2,1-4H3,(H,15,16)/t10-,11-,12+,13+,14-/m0/s1. The van der Waals surface area contributed by atoms with E-state index < -0.39 is 52.8 Å². The average molecular weight is 363 g/mol. The van der Waals surface area contributed by atoms with Crippen molar-refractivity contribution in [3.63, 3.8) is 0 Å². The lowest BCUT2D eigenvalue weighted by Gasteiger charge is -2.43. The van der Waals surface area contributed by atoms with Crippen molar-refractivity contribution in [1.29, 1.82) is 0 Å².